The fourth-order valence-electron chi connectivity index (χ4n) is 4.07. The predicted octanol–water partition coefficient (Wildman–Crippen LogP) is 2.94. The third kappa shape index (κ3) is 3.86. The molecule has 0 spiro atoms. The summed E-state index contributed by atoms with van der Waals surface area (Å²) in [6.07, 6.45) is 4.93. The van der Waals surface area contributed by atoms with Crippen LogP contribution in [0.3, 0.4) is 0 Å². The lowest BCUT2D eigenvalue weighted by atomic mass is 9.87. The van der Waals surface area contributed by atoms with Crippen LogP contribution in [0.2, 0.25) is 0 Å². The van der Waals surface area contributed by atoms with Gasteiger partial charge < -0.3 is 9.80 Å². The molecule has 0 N–H and O–H groups in total. The molecule has 0 bridgehead atoms. The molecule has 4 heteroatoms. The number of carbonyl (C=O) groups is 2. The lowest BCUT2D eigenvalue weighted by molar-refractivity contribution is -0.138. The SMILES string of the molecule is CCN1CCC(C(=O)N2CCC(c3cccc(C=O)c3)CC2)CC1. The van der Waals surface area contributed by atoms with E-state index in [1.165, 1.54) is 5.56 Å². The average Bonchev–Trinajstić information content (AvgIpc) is 2.67. The number of amides is 1. The van der Waals surface area contributed by atoms with Crippen molar-refractivity contribution >= 4 is 12.2 Å². The lowest BCUT2D eigenvalue weighted by Crippen LogP contribution is -2.45. The highest BCUT2D eigenvalue weighted by Gasteiger charge is 2.30. The smallest absolute Gasteiger partial charge is 0.225 e. The van der Waals surface area contributed by atoms with Gasteiger partial charge in [0.05, 0.1) is 0 Å². The summed E-state index contributed by atoms with van der Waals surface area (Å²) in [6, 6.07) is 7.90. The standard InChI is InChI=1S/C20H28N2O2/c1-2-21-10-6-18(7-11-21)20(24)22-12-8-17(9-13-22)19-5-3-4-16(14-19)15-23/h3-5,14-15,17-18H,2,6-13H2,1H3. The number of rotatable bonds is 4. The predicted molar refractivity (Wildman–Crippen MR) is 95.2 cm³/mol. The largest absolute Gasteiger partial charge is 0.342 e. The van der Waals surface area contributed by atoms with Gasteiger partial charge in [0.25, 0.3) is 0 Å². The zero-order valence-electron chi connectivity index (χ0n) is 14.6. The Morgan fingerprint density at radius 1 is 1.12 bits per heavy atom. The van der Waals surface area contributed by atoms with Crippen LogP contribution in [0.4, 0.5) is 0 Å². The topological polar surface area (TPSA) is 40.6 Å². The normalized spacial score (nSPS) is 21.0. The molecule has 1 amide bonds. The van der Waals surface area contributed by atoms with Crippen molar-refractivity contribution < 1.29 is 9.59 Å². The third-order valence-electron chi connectivity index (χ3n) is 5.71. The number of hydrogen-bond donors (Lipinski definition) is 0. The van der Waals surface area contributed by atoms with Gasteiger partial charge in [0.1, 0.15) is 6.29 Å². The number of hydrogen-bond acceptors (Lipinski definition) is 3. The fourth-order valence-corrected chi connectivity index (χ4v) is 4.07. The van der Waals surface area contributed by atoms with Gasteiger partial charge in [-0.2, -0.15) is 0 Å². The van der Waals surface area contributed by atoms with Gasteiger partial charge in [-0.1, -0.05) is 25.1 Å². The highest BCUT2D eigenvalue weighted by Crippen LogP contribution is 2.30. The Balaban J connectivity index is 1.53. The van der Waals surface area contributed by atoms with Crippen molar-refractivity contribution in [2.24, 2.45) is 5.92 Å². The van der Waals surface area contributed by atoms with E-state index in [1.807, 2.05) is 18.2 Å². The minimum Gasteiger partial charge on any atom is -0.342 e. The first-order valence-electron chi connectivity index (χ1n) is 9.27. The van der Waals surface area contributed by atoms with Crippen LogP contribution >= 0.6 is 0 Å². The van der Waals surface area contributed by atoms with E-state index >= 15 is 0 Å². The molecule has 3 rings (SSSR count). The van der Waals surface area contributed by atoms with E-state index in [4.69, 9.17) is 0 Å². The van der Waals surface area contributed by atoms with E-state index in [0.29, 0.717) is 11.8 Å². The molecule has 2 aliphatic rings. The van der Waals surface area contributed by atoms with Gasteiger partial charge in [-0.3, -0.25) is 9.59 Å². The maximum atomic E-state index is 12.8. The summed E-state index contributed by atoms with van der Waals surface area (Å²) in [5, 5.41) is 0. The highest BCUT2D eigenvalue weighted by molar-refractivity contribution is 5.79. The van der Waals surface area contributed by atoms with Crippen LogP contribution in [0, 0.1) is 5.92 Å². The van der Waals surface area contributed by atoms with Gasteiger partial charge in [0, 0.05) is 24.6 Å². The van der Waals surface area contributed by atoms with Gasteiger partial charge in [0.2, 0.25) is 5.91 Å². The summed E-state index contributed by atoms with van der Waals surface area (Å²) in [7, 11) is 0. The Hall–Kier alpha value is -1.68. The second-order valence-electron chi connectivity index (χ2n) is 7.10. The van der Waals surface area contributed by atoms with Gasteiger partial charge in [-0.25, -0.2) is 0 Å². The second-order valence-corrected chi connectivity index (χ2v) is 7.10. The van der Waals surface area contributed by atoms with E-state index in [9.17, 15) is 9.59 Å². The zero-order valence-corrected chi connectivity index (χ0v) is 14.6. The molecular formula is C20H28N2O2. The van der Waals surface area contributed by atoms with Crippen molar-refractivity contribution in [3.8, 4) is 0 Å². The molecule has 0 aliphatic carbocycles. The number of piperidine rings is 2. The van der Waals surface area contributed by atoms with Crippen LogP contribution in [0.25, 0.3) is 0 Å². The van der Waals surface area contributed by atoms with Crippen LogP contribution in [0.15, 0.2) is 24.3 Å². The number of carbonyl (C=O) groups excluding carboxylic acids is 2. The first-order chi connectivity index (χ1) is 11.7. The van der Waals surface area contributed by atoms with Crippen molar-refractivity contribution in [1.29, 1.82) is 0 Å². The maximum absolute atomic E-state index is 12.8. The summed E-state index contributed by atoms with van der Waals surface area (Å²) in [5.41, 5.74) is 1.98. The van der Waals surface area contributed by atoms with Crippen LogP contribution in [-0.4, -0.2) is 54.7 Å². The molecule has 0 unspecified atom stereocenters. The molecule has 1 aromatic carbocycles. The molecular weight excluding hydrogens is 300 g/mol. The molecule has 1 aromatic rings. The molecule has 4 nitrogen and oxygen atoms in total. The molecule has 0 saturated carbocycles. The molecule has 2 fully saturated rings. The maximum Gasteiger partial charge on any atom is 0.225 e. The summed E-state index contributed by atoms with van der Waals surface area (Å²) in [5.74, 6) is 1.06. The van der Waals surface area contributed by atoms with Crippen molar-refractivity contribution in [2.45, 2.75) is 38.5 Å². The number of benzene rings is 1. The van der Waals surface area contributed by atoms with Gasteiger partial charge >= 0.3 is 0 Å². The fraction of sp³-hybridized carbons (Fsp3) is 0.600. The molecule has 0 radical (unpaired) electrons. The molecule has 2 aliphatic heterocycles. The summed E-state index contributed by atoms with van der Waals surface area (Å²) < 4.78 is 0. The summed E-state index contributed by atoms with van der Waals surface area (Å²) in [4.78, 5) is 28.2. The molecule has 0 aromatic heterocycles. The Bertz CT molecular complexity index is 571. The van der Waals surface area contributed by atoms with Crippen molar-refractivity contribution in [3.63, 3.8) is 0 Å². The monoisotopic (exact) mass is 328 g/mol. The summed E-state index contributed by atoms with van der Waals surface area (Å²) >= 11 is 0. The molecule has 130 valence electrons. The van der Waals surface area contributed by atoms with E-state index in [0.717, 1.165) is 70.3 Å². The molecule has 0 atom stereocenters. The van der Waals surface area contributed by atoms with Gasteiger partial charge in [-0.05, 0) is 62.9 Å². The van der Waals surface area contributed by atoms with Gasteiger partial charge in [-0.15, -0.1) is 0 Å². The third-order valence-corrected chi connectivity index (χ3v) is 5.71. The number of likely N-dealkylation sites (tertiary alicyclic amines) is 2. The van der Waals surface area contributed by atoms with E-state index in [2.05, 4.69) is 22.8 Å². The van der Waals surface area contributed by atoms with Crippen molar-refractivity contribution in [1.82, 2.24) is 9.80 Å². The van der Waals surface area contributed by atoms with Crippen molar-refractivity contribution in [3.05, 3.63) is 35.4 Å². The quantitative estimate of drug-likeness (QED) is 0.798. The first kappa shape index (κ1) is 17.2. The molecule has 2 saturated heterocycles. The highest BCUT2D eigenvalue weighted by atomic mass is 16.2. The van der Waals surface area contributed by atoms with Crippen LogP contribution in [-0.2, 0) is 4.79 Å². The minimum atomic E-state index is 0.225. The second kappa shape index (κ2) is 7.93. The van der Waals surface area contributed by atoms with E-state index in [1.54, 1.807) is 0 Å². The first-order valence-corrected chi connectivity index (χ1v) is 9.27. The average molecular weight is 328 g/mol. The van der Waals surface area contributed by atoms with Crippen LogP contribution < -0.4 is 0 Å². The minimum absolute atomic E-state index is 0.225. The molecule has 2 heterocycles. The van der Waals surface area contributed by atoms with Crippen LogP contribution in [0.1, 0.15) is 54.4 Å². The Morgan fingerprint density at radius 3 is 2.46 bits per heavy atom. The van der Waals surface area contributed by atoms with Crippen molar-refractivity contribution in [2.75, 3.05) is 32.7 Å². The van der Waals surface area contributed by atoms with E-state index in [-0.39, 0.29) is 5.92 Å². The number of aldehydes is 1. The number of nitrogens with zero attached hydrogens (tertiary/aromatic N) is 2. The Morgan fingerprint density at radius 2 is 1.83 bits per heavy atom. The summed E-state index contributed by atoms with van der Waals surface area (Å²) in [6.45, 7) is 7.09. The van der Waals surface area contributed by atoms with Gasteiger partial charge in [0.15, 0.2) is 0 Å². The van der Waals surface area contributed by atoms with E-state index < -0.39 is 0 Å². The lowest BCUT2D eigenvalue weighted by Gasteiger charge is -2.37. The Kier molecular flexibility index (Phi) is 5.67. The Labute approximate surface area is 144 Å². The zero-order chi connectivity index (χ0) is 16.9. The van der Waals surface area contributed by atoms with Crippen LogP contribution in [0.5, 0.6) is 0 Å². The molecule has 24 heavy (non-hydrogen) atoms.